The molecule has 4 rings (SSSR count). The van der Waals surface area contributed by atoms with Gasteiger partial charge in [-0.25, -0.2) is 13.4 Å². The Morgan fingerprint density at radius 1 is 1.20 bits per heavy atom. The predicted molar refractivity (Wildman–Crippen MR) is 172 cm³/mol. The van der Waals surface area contributed by atoms with Gasteiger partial charge in [-0.1, -0.05) is 6.92 Å². The van der Waals surface area contributed by atoms with Gasteiger partial charge in [0.25, 0.3) is 21.8 Å². The molecule has 2 aromatic heterocycles. The van der Waals surface area contributed by atoms with Gasteiger partial charge < -0.3 is 29.4 Å². The number of nitrogens with zero attached hydrogens (tertiary/aromatic N) is 5. The second kappa shape index (κ2) is 15.6. The number of aromatic nitrogens is 3. The summed E-state index contributed by atoms with van der Waals surface area (Å²) in [6.45, 7) is 5.86. The number of hydrogen-bond donors (Lipinski definition) is 2. The fourth-order valence-electron chi connectivity index (χ4n) is 5.20. The summed E-state index contributed by atoms with van der Waals surface area (Å²) in [4.78, 5) is 36.7. The summed E-state index contributed by atoms with van der Waals surface area (Å²) in [5.41, 5.74) is 1.05. The Bertz CT molecular complexity index is 1580. The minimum atomic E-state index is -3.88. The molecule has 3 aromatic rings. The van der Waals surface area contributed by atoms with E-state index in [-0.39, 0.29) is 48.2 Å². The number of aryl methyl sites for hydroxylation is 1. The fraction of sp³-hybridized carbons (Fsp3) is 0.500. The number of sulfonamides is 1. The van der Waals surface area contributed by atoms with Crippen molar-refractivity contribution in [3.63, 3.8) is 0 Å². The number of carbonyl (C=O) groups excluding carboxylic acids is 2. The lowest BCUT2D eigenvalue weighted by molar-refractivity contribution is -0.00835. The SMILES string of the molecule is C[C@@H]1CCCCO[C@@H](CN(C)S(=O)(=O)c2cn(C)cn2)[C@@H](C)CN([C@H](C)CO)C(=O)c2cc(NC(=O)c3ccncc3)ccc2O1. The van der Waals surface area contributed by atoms with Crippen molar-refractivity contribution in [1.29, 1.82) is 0 Å². The van der Waals surface area contributed by atoms with Crippen molar-refractivity contribution in [2.45, 2.75) is 63.3 Å². The zero-order valence-corrected chi connectivity index (χ0v) is 27.8. The van der Waals surface area contributed by atoms with E-state index in [0.29, 0.717) is 30.0 Å². The molecule has 0 bridgehead atoms. The highest BCUT2D eigenvalue weighted by Gasteiger charge is 2.33. The number of ether oxygens (including phenoxy) is 2. The molecule has 2 amide bonds. The molecule has 0 unspecified atom stereocenters. The van der Waals surface area contributed by atoms with Crippen LogP contribution in [0.15, 0.2) is 60.3 Å². The van der Waals surface area contributed by atoms with E-state index in [0.717, 1.165) is 12.8 Å². The van der Waals surface area contributed by atoms with Crippen LogP contribution in [0.4, 0.5) is 5.69 Å². The summed E-state index contributed by atoms with van der Waals surface area (Å²) in [5, 5.41) is 13.0. The second-order valence-corrected chi connectivity index (χ2v) is 13.9. The van der Waals surface area contributed by atoms with Gasteiger partial charge in [0.2, 0.25) is 0 Å². The number of likely N-dealkylation sites (N-methyl/N-ethyl adjacent to an activating group) is 1. The third-order valence-corrected chi connectivity index (χ3v) is 9.75. The summed E-state index contributed by atoms with van der Waals surface area (Å²) in [6.07, 6.45) is 7.36. The highest BCUT2D eigenvalue weighted by molar-refractivity contribution is 7.89. The maximum Gasteiger partial charge on any atom is 0.261 e. The van der Waals surface area contributed by atoms with E-state index < -0.39 is 28.1 Å². The van der Waals surface area contributed by atoms with Gasteiger partial charge in [0.05, 0.1) is 36.7 Å². The number of imidazole rings is 1. The molecular formula is C32H44N6O7S. The molecule has 0 aliphatic carbocycles. The monoisotopic (exact) mass is 656 g/mol. The Morgan fingerprint density at radius 2 is 1.93 bits per heavy atom. The van der Waals surface area contributed by atoms with Crippen molar-refractivity contribution < 1.29 is 32.6 Å². The van der Waals surface area contributed by atoms with Crippen LogP contribution in [0.3, 0.4) is 0 Å². The third kappa shape index (κ3) is 8.69. The number of hydrogen-bond acceptors (Lipinski definition) is 9. The van der Waals surface area contributed by atoms with Crippen LogP contribution in [0.25, 0.3) is 0 Å². The molecule has 0 fully saturated rings. The normalized spacial score (nSPS) is 20.8. The van der Waals surface area contributed by atoms with Gasteiger partial charge in [-0.15, -0.1) is 0 Å². The molecule has 4 atom stereocenters. The number of carbonyl (C=O) groups is 2. The molecule has 2 N–H and O–H groups in total. The summed E-state index contributed by atoms with van der Waals surface area (Å²) in [6, 6.07) is 7.54. The maximum absolute atomic E-state index is 14.3. The first-order valence-corrected chi connectivity index (χ1v) is 16.8. The molecule has 1 aliphatic heterocycles. The largest absolute Gasteiger partial charge is 0.490 e. The Kier molecular flexibility index (Phi) is 11.9. The lowest BCUT2D eigenvalue weighted by Gasteiger charge is -2.35. The first-order chi connectivity index (χ1) is 21.9. The Hall–Kier alpha value is -3.85. The van der Waals surface area contributed by atoms with E-state index in [1.165, 1.54) is 36.3 Å². The highest BCUT2D eigenvalue weighted by atomic mass is 32.2. The van der Waals surface area contributed by atoms with Gasteiger partial charge in [0.1, 0.15) is 5.75 Å². The molecule has 1 aliphatic rings. The Labute approximate surface area is 270 Å². The summed E-state index contributed by atoms with van der Waals surface area (Å²) in [7, 11) is -0.696. The van der Waals surface area contributed by atoms with Crippen molar-refractivity contribution in [2.75, 3.05) is 38.7 Å². The van der Waals surface area contributed by atoms with Crippen molar-refractivity contribution in [3.05, 3.63) is 66.4 Å². The molecule has 0 saturated heterocycles. The number of amides is 2. The number of aliphatic hydroxyl groups is 1. The average molecular weight is 657 g/mol. The number of nitrogens with one attached hydrogen (secondary N) is 1. The molecule has 0 spiro atoms. The summed E-state index contributed by atoms with van der Waals surface area (Å²) >= 11 is 0. The van der Waals surface area contributed by atoms with Crippen LogP contribution >= 0.6 is 0 Å². The van der Waals surface area contributed by atoms with Gasteiger partial charge in [0, 0.05) is 69.6 Å². The molecular weight excluding hydrogens is 612 g/mol. The molecule has 0 radical (unpaired) electrons. The molecule has 14 heteroatoms. The lowest BCUT2D eigenvalue weighted by atomic mass is 10.0. The van der Waals surface area contributed by atoms with Crippen LogP contribution in [0.5, 0.6) is 5.75 Å². The molecule has 0 saturated carbocycles. The summed E-state index contributed by atoms with van der Waals surface area (Å²) < 4.78 is 41.9. The number of anilines is 1. The minimum absolute atomic E-state index is 0.0386. The number of aliphatic hydroxyl groups excluding tert-OH is 1. The smallest absolute Gasteiger partial charge is 0.261 e. The standard InChI is InChI=1S/C32H44N6O7S/c1-22-17-38(23(2)20-39)32(41)27-16-26(35-31(40)25-11-13-33-14-12-25)9-10-28(27)45-24(3)8-6-7-15-44-29(22)18-37(5)46(42,43)30-19-36(4)21-34-30/h9-14,16,19,21-24,29,39H,6-8,15,17-18,20H2,1-5H3,(H,35,40)/t22-,23+,24+,29-/m0/s1. The van der Waals surface area contributed by atoms with Gasteiger partial charge in [-0.2, -0.15) is 4.31 Å². The van der Waals surface area contributed by atoms with Crippen LogP contribution in [0, 0.1) is 5.92 Å². The van der Waals surface area contributed by atoms with Crippen LogP contribution in [0.2, 0.25) is 0 Å². The van der Waals surface area contributed by atoms with E-state index in [1.807, 2.05) is 13.8 Å². The second-order valence-electron chi connectivity index (χ2n) is 11.9. The Balaban J connectivity index is 1.65. The average Bonchev–Trinajstić information content (AvgIpc) is 3.49. The Morgan fingerprint density at radius 3 is 2.61 bits per heavy atom. The first kappa shape index (κ1) is 35.0. The van der Waals surface area contributed by atoms with E-state index in [4.69, 9.17) is 9.47 Å². The lowest BCUT2D eigenvalue weighted by Crippen LogP contribution is -2.48. The number of fused-ring (bicyclic) bond motifs is 1. The molecule has 250 valence electrons. The predicted octanol–water partition coefficient (Wildman–Crippen LogP) is 3.18. The first-order valence-electron chi connectivity index (χ1n) is 15.4. The van der Waals surface area contributed by atoms with Crippen LogP contribution in [0.1, 0.15) is 60.7 Å². The number of benzene rings is 1. The highest BCUT2D eigenvalue weighted by Crippen LogP contribution is 2.29. The van der Waals surface area contributed by atoms with Crippen molar-refractivity contribution in [2.24, 2.45) is 13.0 Å². The molecule has 13 nitrogen and oxygen atoms in total. The zero-order valence-electron chi connectivity index (χ0n) is 27.0. The number of pyridine rings is 1. The summed E-state index contributed by atoms with van der Waals surface area (Å²) in [5.74, 6) is -0.724. The van der Waals surface area contributed by atoms with E-state index in [9.17, 15) is 23.1 Å². The topological polar surface area (TPSA) is 156 Å². The molecule has 46 heavy (non-hydrogen) atoms. The maximum atomic E-state index is 14.3. The van der Waals surface area contributed by atoms with E-state index in [2.05, 4.69) is 15.3 Å². The van der Waals surface area contributed by atoms with Crippen molar-refractivity contribution in [3.8, 4) is 5.75 Å². The van der Waals surface area contributed by atoms with Gasteiger partial charge >= 0.3 is 0 Å². The van der Waals surface area contributed by atoms with Gasteiger partial charge in [0.15, 0.2) is 5.03 Å². The third-order valence-electron chi connectivity index (χ3n) is 8.04. The van der Waals surface area contributed by atoms with Crippen LogP contribution < -0.4 is 10.1 Å². The minimum Gasteiger partial charge on any atom is -0.490 e. The molecule has 3 heterocycles. The van der Waals surface area contributed by atoms with Gasteiger partial charge in [-0.05, 0) is 63.4 Å². The number of rotatable bonds is 8. The molecule has 1 aromatic carbocycles. The fourth-order valence-corrected chi connectivity index (χ4v) is 6.35. The van der Waals surface area contributed by atoms with Crippen molar-refractivity contribution >= 4 is 27.5 Å². The van der Waals surface area contributed by atoms with Crippen LogP contribution in [-0.2, 0) is 21.8 Å². The van der Waals surface area contributed by atoms with E-state index >= 15 is 0 Å². The van der Waals surface area contributed by atoms with Gasteiger partial charge in [-0.3, -0.25) is 14.6 Å². The van der Waals surface area contributed by atoms with E-state index in [1.54, 1.807) is 53.8 Å². The van der Waals surface area contributed by atoms with Crippen LogP contribution in [-0.4, -0.2) is 101 Å². The van der Waals surface area contributed by atoms with Crippen molar-refractivity contribution in [1.82, 2.24) is 23.7 Å². The zero-order chi connectivity index (χ0) is 33.4. The quantitative estimate of drug-likeness (QED) is 0.372.